The van der Waals surface area contributed by atoms with Gasteiger partial charge in [-0.1, -0.05) is 71.4 Å². The fourth-order valence-corrected chi connectivity index (χ4v) is 12.3. The maximum Gasteiger partial charge on any atom is 0.186 e. The Hall–Kier alpha value is 7.38. The zero-order valence-corrected chi connectivity index (χ0v) is 41.1. The van der Waals surface area contributed by atoms with Crippen molar-refractivity contribution in [2.45, 2.75) is 62.9 Å². The second-order valence-corrected chi connectivity index (χ2v) is 38.6. The van der Waals surface area contributed by atoms with E-state index in [2.05, 4.69) is 89.3 Å². The third-order valence-corrected chi connectivity index (χ3v) is 26.1. The molecule has 0 aromatic carbocycles. The zero-order valence-electron chi connectivity index (χ0n) is 22.0. The van der Waals surface area contributed by atoms with Crippen LogP contribution in [0.3, 0.4) is 0 Å². The number of rotatable bonds is 16. The molecule has 24 atom stereocenters. The highest BCUT2D eigenvalue weighted by atomic mass is 32.6. The van der Waals surface area contributed by atoms with Gasteiger partial charge in [-0.15, -0.1) is 17.9 Å². The Kier molecular flexibility index (Phi) is 30.7. The Morgan fingerprint density at radius 1 is 0.675 bits per heavy atom. The molecule has 0 aromatic heterocycles. The van der Waals surface area contributed by atoms with E-state index in [4.69, 9.17) is 41.4 Å². The fraction of sp³-hybridized carbons (Fsp3) is 1.00. The van der Waals surface area contributed by atoms with Gasteiger partial charge in [-0.25, -0.2) is 0 Å². The molecule has 0 spiro atoms. The van der Waals surface area contributed by atoms with Crippen LogP contribution in [-0.4, -0.2) is 68.8 Å². The van der Waals surface area contributed by atoms with Crippen LogP contribution in [0.4, 0.5) is 0 Å². The Bertz CT molecular complexity index is 650. The summed E-state index contributed by atoms with van der Waals surface area (Å²) in [5.41, 5.74) is 0. The van der Waals surface area contributed by atoms with Crippen molar-refractivity contribution in [3.63, 3.8) is 0 Å². The molecule has 2 heterocycles. The van der Waals surface area contributed by atoms with Crippen LogP contribution >= 0.6 is 152 Å². The molecule has 2 saturated heterocycles. The van der Waals surface area contributed by atoms with Crippen LogP contribution in [0.5, 0.6) is 0 Å². The molecule has 0 aliphatic carbocycles. The van der Waals surface area contributed by atoms with Crippen molar-refractivity contribution in [3.8, 4) is 0 Å². The summed E-state index contributed by atoms with van der Waals surface area (Å²) in [4.78, 5) is 0. The van der Waals surface area contributed by atoms with E-state index in [-0.39, 0.29) is 51.2 Å². The van der Waals surface area contributed by atoms with E-state index in [0.29, 0.717) is 44.2 Å². The zero-order chi connectivity index (χ0) is 30.2. The molecule has 0 amide bonds. The second-order valence-electron chi connectivity index (χ2n) is 7.65. The molecule has 240 valence electrons. The minimum absolute atomic E-state index is 0.0250. The normalized spacial score (nSPS) is 33.8. The first kappa shape index (κ1) is 45.4. The summed E-state index contributed by atoms with van der Waals surface area (Å²) in [6.45, 7) is 5.56. The SMILES string of the molecule is CC1OCC(OP(P)PP)C(OP(P)P)C1OPP.CCOC1OCC(OP(P)PP)C(OP(P)P)C1OPP. The smallest absolute Gasteiger partial charge is 0.186 e. The van der Waals surface area contributed by atoms with Crippen molar-refractivity contribution in [2.75, 3.05) is 19.8 Å². The number of ether oxygens (including phenoxy) is 3. The predicted molar refractivity (Wildman–Crippen MR) is 224 cm³/mol. The van der Waals surface area contributed by atoms with Crippen LogP contribution in [0, 0.1) is 0 Å². The van der Waals surface area contributed by atoms with E-state index < -0.39 is 36.4 Å². The molecule has 40 heavy (non-hydrogen) atoms. The van der Waals surface area contributed by atoms with Gasteiger partial charge < -0.3 is 41.4 Å². The molecule has 2 aliphatic rings. The summed E-state index contributed by atoms with van der Waals surface area (Å²) in [5, 5.41) is 0. The van der Waals surface area contributed by atoms with Gasteiger partial charge in [0.25, 0.3) is 0 Å². The maximum absolute atomic E-state index is 6.08. The van der Waals surface area contributed by atoms with Crippen molar-refractivity contribution in [3.05, 3.63) is 0 Å². The lowest BCUT2D eigenvalue weighted by Crippen LogP contribution is -2.55. The quantitative estimate of drug-likeness (QED) is 0.141. The van der Waals surface area contributed by atoms with E-state index in [1.165, 1.54) is 0 Å². The van der Waals surface area contributed by atoms with Crippen molar-refractivity contribution in [1.82, 2.24) is 0 Å². The highest BCUT2D eigenvalue weighted by molar-refractivity contribution is 8.60. The first-order valence-corrected chi connectivity index (χ1v) is 38.9. The lowest BCUT2D eigenvalue weighted by Gasteiger charge is -2.42. The summed E-state index contributed by atoms with van der Waals surface area (Å²) >= 11 is 0. The van der Waals surface area contributed by atoms with E-state index in [0.717, 1.165) is 0 Å². The van der Waals surface area contributed by atoms with Gasteiger partial charge in [-0.05, 0) is 29.8 Å². The monoisotopic (exact) mass is 902 g/mol. The Balaban J connectivity index is 0.000000402. The predicted octanol–water partition coefficient (Wildman–Crippen LogP) is 8.96. The molecule has 27 heteroatoms. The molecule has 0 radical (unpaired) electrons. The summed E-state index contributed by atoms with van der Waals surface area (Å²) in [6.07, 6.45) is -1.24. The number of hydrogen-bond acceptors (Lipinski definition) is 9. The number of hydrogen-bond donors (Lipinski definition) is 0. The van der Waals surface area contributed by atoms with Gasteiger partial charge >= 0.3 is 0 Å². The summed E-state index contributed by atoms with van der Waals surface area (Å²) in [7, 11) is 26.5. The summed E-state index contributed by atoms with van der Waals surface area (Å²) < 4.78 is 53.1. The first-order valence-electron chi connectivity index (χ1n) is 11.4. The molecule has 9 nitrogen and oxygen atoms in total. The van der Waals surface area contributed by atoms with E-state index in [1.54, 1.807) is 0 Å². The largest absolute Gasteiger partial charge is 0.373 e. The molecule has 0 saturated carbocycles. The molecule has 2 aliphatic heterocycles. The van der Waals surface area contributed by atoms with Crippen LogP contribution in [0.25, 0.3) is 0 Å². The molecule has 0 aromatic rings. The average Bonchev–Trinajstić information content (AvgIpc) is 2.90. The van der Waals surface area contributed by atoms with Gasteiger partial charge in [0, 0.05) is 23.6 Å². The van der Waals surface area contributed by atoms with Crippen LogP contribution in [0.1, 0.15) is 13.8 Å². The van der Waals surface area contributed by atoms with Crippen LogP contribution < -0.4 is 0 Å². The topological polar surface area (TPSA) is 83.1 Å². The van der Waals surface area contributed by atoms with Gasteiger partial charge in [0.1, 0.15) is 36.6 Å². The summed E-state index contributed by atoms with van der Waals surface area (Å²) in [6, 6.07) is 0. The highest BCUT2D eigenvalue weighted by Gasteiger charge is 2.45. The molecule has 24 unspecified atom stereocenters. The Morgan fingerprint density at radius 2 is 1.12 bits per heavy atom. The van der Waals surface area contributed by atoms with Crippen molar-refractivity contribution < 1.29 is 41.4 Å². The van der Waals surface area contributed by atoms with Gasteiger partial charge in [-0.2, -0.15) is 0 Å². The van der Waals surface area contributed by atoms with Gasteiger partial charge in [0.05, 0.1) is 49.4 Å². The standard InChI is InChI=1S/C7H23O5P9.C6H21O4P9/c1-2-8-7-6(10-18-13)5(12-20(15)16)4(3-9-7)11-21(17)19-14;1-3-5(8-16-11)6(10-18(13)14)4(2-7-3)9-19(15)17-12/h4-7,18-19H,2-3,13-17H2,1H3;3-6,16-17H,2,11-15H2,1H3. The summed E-state index contributed by atoms with van der Waals surface area (Å²) in [5.74, 6) is 0. The second kappa shape index (κ2) is 27.1. The van der Waals surface area contributed by atoms with Crippen LogP contribution in [-0.2, 0) is 41.4 Å². The third kappa shape index (κ3) is 18.0. The third-order valence-electron chi connectivity index (χ3n) is 5.04. The molecule has 2 fully saturated rings. The molecular formula is C13H44O9P18. The minimum Gasteiger partial charge on any atom is -0.373 e. The highest BCUT2D eigenvalue weighted by Crippen LogP contribution is 2.69. The molecular weight excluding hydrogens is 858 g/mol. The average molecular weight is 902 g/mol. The lowest BCUT2D eigenvalue weighted by molar-refractivity contribution is -0.249. The van der Waals surface area contributed by atoms with Gasteiger partial charge in [0.2, 0.25) is 0 Å². The van der Waals surface area contributed by atoms with Crippen molar-refractivity contribution in [1.29, 1.82) is 0 Å². The fourth-order valence-electron chi connectivity index (χ4n) is 3.48. The van der Waals surface area contributed by atoms with Crippen molar-refractivity contribution in [2.24, 2.45) is 0 Å². The Labute approximate surface area is 274 Å². The maximum atomic E-state index is 6.08. The lowest BCUT2D eigenvalue weighted by atomic mass is 10.0. The van der Waals surface area contributed by atoms with E-state index in [9.17, 15) is 0 Å². The van der Waals surface area contributed by atoms with Gasteiger partial charge in [0.15, 0.2) is 6.29 Å². The van der Waals surface area contributed by atoms with E-state index >= 15 is 0 Å². The van der Waals surface area contributed by atoms with Gasteiger partial charge in [-0.3, -0.25) is 0 Å². The molecule has 0 bridgehead atoms. The molecule has 0 N–H and O–H groups in total. The van der Waals surface area contributed by atoms with Crippen LogP contribution in [0.15, 0.2) is 0 Å². The van der Waals surface area contributed by atoms with Crippen LogP contribution in [0.2, 0.25) is 0 Å². The van der Waals surface area contributed by atoms with Crippen molar-refractivity contribution >= 4 is 152 Å². The first-order chi connectivity index (χ1) is 19.0. The Morgan fingerprint density at radius 3 is 1.55 bits per heavy atom. The molecule has 2 rings (SSSR count). The minimum atomic E-state index is -0.689. The van der Waals surface area contributed by atoms with E-state index in [1.807, 2.05) is 13.8 Å².